The number of aromatic amines is 1. The highest BCUT2D eigenvalue weighted by molar-refractivity contribution is 5.97. The van der Waals surface area contributed by atoms with E-state index >= 15 is 0 Å². The summed E-state index contributed by atoms with van der Waals surface area (Å²) in [7, 11) is 1.62. The van der Waals surface area contributed by atoms with Crippen molar-refractivity contribution in [2.24, 2.45) is 5.92 Å². The van der Waals surface area contributed by atoms with Gasteiger partial charge in [0.15, 0.2) is 6.23 Å². The van der Waals surface area contributed by atoms with Crippen LogP contribution in [0.4, 0.5) is 0 Å². The van der Waals surface area contributed by atoms with Crippen molar-refractivity contribution in [2.45, 2.75) is 57.7 Å². The molecular formula is C29H34N4O3. The fourth-order valence-corrected chi connectivity index (χ4v) is 5.09. The van der Waals surface area contributed by atoms with Crippen LogP contribution < -0.4 is 15.4 Å². The Morgan fingerprint density at radius 1 is 1.11 bits per heavy atom. The Labute approximate surface area is 211 Å². The Bertz CT molecular complexity index is 1290. The van der Waals surface area contributed by atoms with E-state index in [1.54, 1.807) is 7.11 Å². The van der Waals surface area contributed by atoms with Gasteiger partial charge in [0, 0.05) is 22.9 Å². The molecule has 2 aliphatic carbocycles. The number of carbonyl (C=O) groups is 1. The van der Waals surface area contributed by atoms with E-state index in [0.29, 0.717) is 11.5 Å². The maximum atomic E-state index is 12.9. The van der Waals surface area contributed by atoms with Crippen molar-refractivity contribution < 1.29 is 14.6 Å². The van der Waals surface area contributed by atoms with E-state index in [1.165, 1.54) is 19.3 Å². The normalized spacial score (nSPS) is 20.9. The zero-order valence-corrected chi connectivity index (χ0v) is 20.9. The Hall–Kier alpha value is -3.58. The zero-order valence-electron chi connectivity index (χ0n) is 20.9. The first kappa shape index (κ1) is 24.1. The van der Waals surface area contributed by atoms with Gasteiger partial charge in [0.25, 0.3) is 5.91 Å². The first-order valence-corrected chi connectivity index (χ1v) is 12.8. The Morgan fingerprint density at radius 3 is 2.64 bits per heavy atom. The molecule has 1 fully saturated rings. The van der Waals surface area contributed by atoms with Gasteiger partial charge in [-0.05, 0) is 73.6 Å². The average molecular weight is 487 g/mol. The molecule has 1 saturated carbocycles. The first-order chi connectivity index (χ1) is 17.5. The number of aromatic nitrogens is 2. The third kappa shape index (κ3) is 5.31. The number of aliphatic hydroxyl groups excluding tert-OH is 1. The van der Waals surface area contributed by atoms with Crippen molar-refractivity contribution in [3.63, 3.8) is 0 Å². The molecule has 0 radical (unpaired) electrons. The number of hydrogen-bond donors (Lipinski definition) is 4. The third-order valence-corrected chi connectivity index (χ3v) is 7.38. The number of methoxy groups -OCH3 is 1. The molecule has 2 aliphatic rings. The SMILES string of the molecule is COc1ccc(C(O)NC2=CC=C(c3nc4ccc(C(=O)NC5CCCCC5C)cc4[nH]3)CC2)cc1. The number of nitrogens with one attached hydrogen (secondary N) is 3. The molecule has 1 heterocycles. The van der Waals surface area contributed by atoms with Crippen molar-refractivity contribution >= 4 is 22.5 Å². The number of rotatable bonds is 7. The van der Waals surface area contributed by atoms with Gasteiger partial charge in [0.1, 0.15) is 11.6 Å². The highest BCUT2D eigenvalue weighted by atomic mass is 16.5. The molecule has 3 aromatic rings. The number of carbonyl (C=O) groups excluding carboxylic acids is 1. The fraction of sp³-hybridized carbons (Fsp3) is 0.379. The number of nitrogens with zero attached hydrogens (tertiary/aromatic N) is 1. The number of H-pyrrole nitrogens is 1. The summed E-state index contributed by atoms with van der Waals surface area (Å²) >= 11 is 0. The second-order valence-electron chi connectivity index (χ2n) is 9.86. The molecule has 1 amide bonds. The smallest absolute Gasteiger partial charge is 0.251 e. The Balaban J connectivity index is 1.25. The fourth-order valence-electron chi connectivity index (χ4n) is 5.09. The molecule has 5 rings (SSSR count). The summed E-state index contributed by atoms with van der Waals surface area (Å²) in [5.74, 6) is 2.08. The van der Waals surface area contributed by atoms with Crippen molar-refractivity contribution in [1.29, 1.82) is 0 Å². The molecule has 3 atom stereocenters. The molecule has 7 heteroatoms. The number of ether oxygens (including phenoxy) is 1. The van der Waals surface area contributed by atoms with Gasteiger partial charge in [0.05, 0.1) is 18.1 Å². The summed E-state index contributed by atoms with van der Waals surface area (Å²) in [5.41, 5.74) is 5.20. The molecule has 7 nitrogen and oxygen atoms in total. The lowest BCUT2D eigenvalue weighted by atomic mass is 9.86. The van der Waals surface area contributed by atoms with Gasteiger partial charge in [-0.3, -0.25) is 4.79 Å². The highest BCUT2D eigenvalue weighted by Crippen LogP contribution is 2.28. The molecule has 1 aromatic heterocycles. The van der Waals surface area contributed by atoms with Crippen LogP contribution in [0.3, 0.4) is 0 Å². The number of aliphatic hydroxyl groups is 1. The van der Waals surface area contributed by atoms with Crippen LogP contribution in [0.15, 0.2) is 60.3 Å². The van der Waals surface area contributed by atoms with E-state index in [-0.39, 0.29) is 11.9 Å². The second kappa shape index (κ2) is 10.6. The van der Waals surface area contributed by atoms with Crippen LogP contribution in [0.1, 0.15) is 73.4 Å². The molecule has 188 valence electrons. The summed E-state index contributed by atoms with van der Waals surface area (Å²) < 4.78 is 5.18. The quantitative estimate of drug-likeness (QED) is 0.343. The molecule has 36 heavy (non-hydrogen) atoms. The van der Waals surface area contributed by atoms with E-state index in [2.05, 4.69) is 22.5 Å². The largest absolute Gasteiger partial charge is 0.497 e. The van der Waals surface area contributed by atoms with Gasteiger partial charge < -0.3 is 25.5 Å². The highest BCUT2D eigenvalue weighted by Gasteiger charge is 2.23. The van der Waals surface area contributed by atoms with Crippen molar-refractivity contribution in [3.05, 3.63) is 77.3 Å². The summed E-state index contributed by atoms with van der Waals surface area (Å²) in [4.78, 5) is 21.0. The van der Waals surface area contributed by atoms with E-state index < -0.39 is 6.23 Å². The number of amides is 1. The topological polar surface area (TPSA) is 99.3 Å². The summed E-state index contributed by atoms with van der Waals surface area (Å²) in [6, 6.07) is 13.3. The minimum Gasteiger partial charge on any atom is -0.497 e. The van der Waals surface area contributed by atoms with Crippen molar-refractivity contribution in [1.82, 2.24) is 20.6 Å². The van der Waals surface area contributed by atoms with E-state index in [4.69, 9.17) is 9.72 Å². The van der Waals surface area contributed by atoms with Gasteiger partial charge in [0.2, 0.25) is 0 Å². The lowest BCUT2D eigenvalue weighted by molar-refractivity contribution is 0.0910. The summed E-state index contributed by atoms with van der Waals surface area (Å²) in [6.45, 7) is 2.22. The molecule has 0 spiro atoms. The van der Waals surface area contributed by atoms with E-state index in [9.17, 15) is 9.90 Å². The zero-order chi connectivity index (χ0) is 25.1. The predicted octanol–water partition coefficient (Wildman–Crippen LogP) is 5.22. The monoisotopic (exact) mass is 486 g/mol. The second-order valence-corrected chi connectivity index (χ2v) is 9.86. The standard InChI is InChI=1S/C29H34N4O3/c1-18-5-3-4-6-24(18)33-29(35)21-11-16-25-26(17-21)32-27(31-25)19-7-12-22(13-8-19)30-28(34)20-9-14-23(36-2)15-10-20/h7,9-12,14-18,24,28,30,34H,3-6,8,13H2,1-2H3,(H,31,32)(H,33,35). The molecule has 0 saturated heterocycles. The van der Waals surface area contributed by atoms with E-state index in [0.717, 1.165) is 58.7 Å². The lowest BCUT2D eigenvalue weighted by Gasteiger charge is -2.29. The predicted molar refractivity (Wildman–Crippen MR) is 141 cm³/mol. The first-order valence-electron chi connectivity index (χ1n) is 12.8. The number of allylic oxidation sites excluding steroid dienone is 4. The van der Waals surface area contributed by atoms with Crippen LogP contribution in [0.2, 0.25) is 0 Å². The third-order valence-electron chi connectivity index (χ3n) is 7.38. The van der Waals surface area contributed by atoms with Gasteiger partial charge in [-0.15, -0.1) is 0 Å². The van der Waals surface area contributed by atoms with Gasteiger partial charge in [-0.2, -0.15) is 0 Å². The van der Waals surface area contributed by atoms with Crippen LogP contribution in [-0.4, -0.2) is 34.1 Å². The molecule has 3 unspecified atom stereocenters. The van der Waals surface area contributed by atoms with Crippen LogP contribution in [0.25, 0.3) is 16.6 Å². The molecule has 0 aliphatic heterocycles. The van der Waals surface area contributed by atoms with Gasteiger partial charge in [-0.25, -0.2) is 4.98 Å². The van der Waals surface area contributed by atoms with Crippen LogP contribution in [-0.2, 0) is 0 Å². The average Bonchev–Trinajstić information content (AvgIpc) is 3.34. The Morgan fingerprint density at radius 2 is 1.92 bits per heavy atom. The minimum atomic E-state index is -0.788. The summed E-state index contributed by atoms with van der Waals surface area (Å²) in [6.07, 6.45) is 9.45. The van der Waals surface area contributed by atoms with Crippen LogP contribution in [0.5, 0.6) is 5.75 Å². The van der Waals surface area contributed by atoms with Gasteiger partial charge >= 0.3 is 0 Å². The van der Waals surface area contributed by atoms with Crippen molar-refractivity contribution in [3.8, 4) is 5.75 Å². The number of benzene rings is 2. The molecule has 2 aromatic carbocycles. The molecular weight excluding hydrogens is 452 g/mol. The van der Waals surface area contributed by atoms with Crippen LogP contribution in [0, 0.1) is 5.92 Å². The minimum absolute atomic E-state index is 0.0160. The Kier molecular flexibility index (Phi) is 7.09. The summed E-state index contributed by atoms with van der Waals surface area (Å²) in [5, 5.41) is 17.0. The lowest BCUT2D eigenvalue weighted by Crippen LogP contribution is -2.41. The molecule has 4 N–H and O–H groups in total. The number of hydrogen-bond acceptors (Lipinski definition) is 5. The maximum Gasteiger partial charge on any atom is 0.251 e. The number of fused-ring (bicyclic) bond motifs is 1. The number of imidazole rings is 1. The maximum absolute atomic E-state index is 12.9. The van der Waals surface area contributed by atoms with E-state index in [1.807, 2.05) is 54.6 Å². The van der Waals surface area contributed by atoms with Gasteiger partial charge in [-0.1, -0.05) is 38.0 Å². The van der Waals surface area contributed by atoms with Crippen molar-refractivity contribution in [2.75, 3.05) is 7.11 Å². The molecule has 0 bridgehead atoms. The van der Waals surface area contributed by atoms with Crippen LogP contribution >= 0.6 is 0 Å².